The van der Waals surface area contributed by atoms with Gasteiger partial charge in [0.2, 0.25) is 0 Å². The summed E-state index contributed by atoms with van der Waals surface area (Å²) in [6.45, 7) is 0.778. The smallest absolute Gasteiger partial charge is 0.118 e. The van der Waals surface area contributed by atoms with Crippen molar-refractivity contribution >= 4 is 11.6 Å². The fraction of sp³-hybridized carbons (Fsp3) is 0.500. The lowest BCUT2D eigenvalue weighted by molar-refractivity contribution is 0.108. The standard InChI is InChI=1S/C12H15ClO2/c1-14-11-4-2-10(3-5-11)12-6-9(7-13)8-15-12/h2-5,9,12H,6-8H2,1H3/t9-,12-/m0/s1. The van der Waals surface area contributed by atoms with Crippen LogP contribution in [0.15, 0.2) is 24.3 Å². The minimum Gasteiger partial charge on any atom is -0.497 e. The Balaban J connectivity index is 2.04. The third-order valence-corrected chi connectivity index (χ3v) is 3.22. The van der Waals surface area contributed by atoms with E-state index >= 15 is 0 Å². The first-order valence-electron chi connectivity index (χ1n) is 5.15. The molecule has 15 heavy (non-hydrogen) atoms. The zero-order valence-corrected chi connectivity index (χ0v) is 9.54. The molecule has 0 unspecified atom stereocenters. The molecule has 2 nitrogen and oxygen atoms in total. The predicted octanol–water partition coefficient (Wildman–Crippen LogP) is 3.01. The molecule has 1 aliphatic rings. The Kier molecular flexibility index (Phi) is 3.49. The average Bonchev–Trinajstić information content (AvgIpc) is 2.78. The number of alkyl halides is 1. The number of ether oxygens (including phenoxy) is 2. The van der Waals surface area contributed by atoms with Crippen LogP contribution in [0.3, 0.4) is 0 Å². The molecule has 1 aliphatic heterocycles. The first kappa shape index (κ1) is 10.8. The minimum atomic E-state index is 0.208. The van der Waals surface area contributed by atoms with E-state index in [0.29, 0.717) is 11.8 Å². The first-order chi connectivity index (χ1) is 7.33. The van der Waals surface area contributed by atoms with E-state index in [-0.39, 0.29) is 6.10 Å². The molecule has 2 atom stereocenters. The first-order valence-corrected chi connectivity index (χ1v) is 5.68. The molecule has 0 saturated carbocycles. The van der Waals surface area contributed by atoms with Gasteiger partial charge in [0, 0.05) is 5.88 Å². The van der Waals surface area contributed by atoms with Crippen LogP contribution in [0.1, 0.15) is 18.1 Å². The SMILES string of the molecule is COc1ccc([C@@H]2C[C@@H](CCl)CO2)cc1. The quantitative estimate of drug-likeness (QED) is 0.738. The molecule has 0 N–H and O–H groups in total. The summed E-state index contributed by atoms with van der Waals surface area (Å²) in [5.41, 5.74) is 1.21. The molecule has 3 heteroatoms. The maximum atomic E-state index is 5.81. The van der Waals surface area contributed by atoms with Crippen LogP contribution in [-0.2, 0) is 4.74 Å². The zero-order chi connectivity index (χ0) is 10.7. The molecule has 1 aromatic carbocycles. The molecule has 1 aromatic rings. The minimum absolute atomic E-state index is 0.208. The molecule has 0 radical (unpaired) electrons. The van der Waals surface area contributed by atoms with E-state index in [1.165, 1.54) is 5.56 Å². The van der Waals surface area contributed by atoms with Gasteiger partial charge in [-0.2, -0.15) is 0 Å². The van der Waals surface area contributed by atoms with Crippen molar-refractivity contribution in [2.24, 2.45) is 5.92 Å². The molecule has 2 rings (SSSR count). The highest BCUT2D eigenvalue weighted by Crippen LogP contribution is 2.33. The normalized spacial score (nSPS) is 25.5. The van der Waals surface area contributed by atoms with Gasteiger partial charge in [-0.25, -0.2) is 0 Å². The topological polar surface area (TPSA) is 18.5 Å². The van der Waals surface area contributed by atoms with Crippen molar-refractivity contribution in [3.63, 3.8) is 0 Å². The number of rotatable bonds is 3. The van der Waals surface area contributed by atoms with Crippen LogP contribution in [0.5, 0.6) is 5.75 Å². The molecular formula is C12H15ClO2. The van der Waals surface area contributed by atoms with E-state index in [0.717, 1.165) is 18.8 Å². The Bertz CT molecular complexity index is 310. The molecule has 0 spiro atoms. The monoisotopic (exact) mass is 226 g/mol. The van der Waals surface area contributed by atoms with Crippen molar-refractivity contribution in [1.82, 2.24) is 0 Å². The van der Waals surface area contributed by atoms with Crippen LogP contribution in [0.4, 0.5) is 0 Å². The van der Waals surface area contributed by atoms with E-state index in [4.69, 9.17) is 21.1 Å². The van der Waals surface area contributed by atoms with Crippen LogP contribution >= 0.6 is 11.6 Å². The van der Waals surface area contributed by atoms with E-state index < -0.39 is 0 Å². The summed E-state index contributed by atoms with van der Waals surface area (Å²) in [6, 6.07) is 8.04. The average molecular weight is 227 g/mol. The second kappa shape index (κ2) is 4.86. The number of benzene rings is 1. The van der Waals surface area contributed by atoms with Crippen LogP contribution in [0, 0.1) is 5.92 Å². The highest BCUT2D eigenvalue weighted by molar-refractivity contribution is 6.18. The Morgan fingerprint density at radius 1 is 1.40 bits per heavy atom. The number of halogens is 1. The van der Waals surface area contributed by atoms with Gasteiger partial charge in [0.25, 0.3) is 0 Å². The van der Waals surface area contributed by atoms with E-state index in [1.54, 1.807) is 7.11 Å². The Morgan fingerprint density at radius 2 is 2.13 bits per heavy atom. The van der Waals surface area contributed by atoms with Crippen molar-refractivity contribution in [2.45, 2.75) is 12.5 Å². The van der Waals surface area contributed by atoms with E-state index in [9.17, 15) is 0 Å². The Labute approximate surface area is 95.1 Å². The van der Waals surface area contributed by atoms with Crippen LogP contribution in [0.25, 0.3) is 0 Å². The van der Waals surface area contributed by atoms with Crippen molar-refractivity contribution in [3.05, 3.63) is 29.8 Å². The van der Waals surface area contributed by atoms with Gasteiger partial charge in [-0.1, -0.05) is 12.1 Å². The zero-order valence-electron chi connectivity index (χ0n) is 8.78. The lowest BCUT2D eigenvalue weighted by atomic mass is 10.0. The van der Waals surface area contributed by atoms with Crippen LogP contribution < -0.4 is 4.74 Å². The van der Waals surface area contributed by atoms with Gasteiger partial charge in [-0.05, 0) is 30.0 Å². The summed E-state index contributed by atoms with van der Waals surface area (Å²) in [4.78, 5) is 0. The van der Waals surface area contributed by atoms with Gasteiger partial charge < -0.3 is 9.47 Å². The van der Waals surface area contributed by atoms with E-state index in [2.05, 4.69) is 12.1 Å². The summed E-state index contributed by atoms with van der Waals surface area (Å²) >= 11 is 5.81. The fourth-order valence-corrected chi connectivity index (χ4v) is 2.06. The maximum absolute atomic E-state index is 5.81. The van der Waals surface area contributed by atoms with Crippen molar-refractivity contribution in [1.29, 1.82) is 0 Å². The van der Waals surface area contributed by atoms with Gasteiger partial charge in [0.05, 0.1) is 19.8 Å². The fourth-order valence-electron chi connectivity index (χ4n) is 1.85. The summed E-state index contributed by atoms with van der Waals surface area (Å²) in [5, 5.41) is 0. The lowest BCUT2D eigenvalue weighted by Gasteiger charge is -2.10. The van der Waals surface area contributed by atoms with Gasteiger partial charge in [0.15, 0.2) is 0 Å². The Hall–Kier alpha value is -0.730. The van der Waals surface area contributed by atoms with Crippen LogP contribution in [0.2, 0.25) is 0 Å². The largest absolute Gasteiger partial charge is 0.497 e. The molecule has 0 aliphatic carbocycles. The number of hydrogen-bond acceptors (Lipinski definition) is 2. The Morgan fingerprint density at radius 3 is 2.67 bits per heavy atom. The number of methoxy groups -OCH3 is 1. The summed E-state index contributed by atoms with van der Waals surface area (Å²) in [7, 11) is 1.67. The molecule has 0 aromatic heterocycles. The van der Waals surface area contributed by atoms with Gasteiger partial charge in [-0.15, -0.1) is 11.6 Å². The second-order valence-electron chi connectivity index (χ2n) is 3.85. The van der Waals surface area contributed by atoms with Crippen molar-refractivity contribution < 1.29 is 9.47 Å². The van der Waals surface area contributed by atoms with Crippen molar-refractivity contribution in [3.8, 4) is 5.75 Å². The molecule has 1 heterocycles. The number of hydrogen-bond donors (Lipinski definition) is 0. The van der Waals surface area contributed by atoms with Crippen LogP contribution in [-0.4, -0.2) is 19.6 Å². The third-order valence-electron chi connectivity index (χ3n) is 2.79. The summed E-state index contributed by atoms with van der Waals surface area (Å²) in [5.74, 6) is 2.07. The van der Waals surface area contributed by atoms with Gasteiger partial charge >= 0.3 is 0 Å². The summed E-state index contributed by atoms with van der Waals surface area (Å²) in [6.07, 6.45) is 1.23. The molecular weight excluding hydrogens is 212 g/mol. The molecule has 82 valence electrons. The highest BCUT2D eigenvalue weighted by atomic mass is 35.5. The van der Waals surface area contributed by atoms with Gasteiger partial charge in [0.1, 0.15) is 5.75 Å². The molecule has 0 bridgehead atoms. The lowest BCUT2D eigenvalue weighted by Crippen LogP contribution is -1.99. The third kappa shape index (κ3) is 2.44. The van der Waals surface area contributed by atoms with Gasteiger partial charge in [-0.3, -0.25) is 0 Å². The maximum Gasteiger partial charge on any atom is 0.118 e. The molecule has 0 amide bonds. The van der Waals surface area contributed by atoms with E-state index in [1.807, 2.05) is 12.1 Å². The molecule has 1 fully saturated rings. The second-order valence-corrected chi connectivity index (χ2v) is 4.16. The van der Waals surface area contributed by atoms with Crippen molar-refractivity contribution in [2.75, 3.05) is 19.6 Å². The summed E-state index contributed by atoms with van der Waals surface area (Å²) < 4.78 is 10.8. The highest BCUT2D eigenvalue weighted by Gasteiger charge is 2.25. The predicted molar refractivity (Wildman–Crippen MR) is 60.5 cm³/mol. The molecule has 1 saturated heterocycles.